The van der Waals surface area contributed by atoms with E-state index < -0.39 is 0 Å². The Morgan fingerprint density at radius 2 is 1.90 bits per heavy atom. The van der Waals surface area contributed by atoms with Crippen molar-refractivity contribution in [1.29, 1.82) is 0 Å². The summed E-state index contributed by atoms with van der Waals surface area (Å²) in [4.78, 5) is 24.4. The molecule has 10 nitrogen and oxygen atoms in total. The molecule has 0 saturated carbocycles. The number of fused-ring (bicyclic) bond motifs is 1. The third-order valence-corrected chi connectivity index (χ3v) is 4.46. The average molecular weight is 426 g/mol. The molecule has 0 fully saturated rings. The number of anilines is 1. The van der Waals surface area contributed by atoms with Crippen LogP contribution in [0, 0.1) is 0 Å². The molecule has 0 radical (unpaired) electrons. The van der Waals surface area contributed by atoms with E-state index >= 15 is 0 Å². The first-order valence-corrected chi connectivity index (χ1v) is 9.82. The molecule has 0 aliphatic rings. The fourth-order valence-corrected chi connectivity index (χ4v) is 2.98. The Labute approximate surface area is 179 Å². The molecule has 0 saturated heterocycles. The normalized spacial score (nSPS) is 10.7. The summed E-state index contributed by atoms with van der Waals surface area (Å²) in [6.45, 7) is 4.54. The molecule has 0 aliphatic heterocycles. The number of carbonyl (C=O) groups is 2. The summed E-state index contributed by atoms with van der Waals surface area (Å²) < 4.78 is 12.1. The molecule has 0 bridgehead atoms. The summed E-state index contributed by atoms with van der Waals surface area (Å²) >= 11 is 0. The highest BCUT2D eigenvalue weighted by molar-refractivity contribution is 5.97. The maximum Gasteiger partial charge on any atom is 0.319 e. The SMILES string of the molecule is COc1ccc(OC)c(NC(=O)NCCn2nnc3cc(C(=O)NC(C)C)ccc32)c1. The number of aromatic nitrogens is 3. The van der Waals surface area contributed by atoms with Gasteiger partial charge in [0.2, 0.25) is 0 Å². The minimum Gasteiger partial charge on any atom is -0.497 e. The zero-order valence-electron chi connectivity index (χ0n) is 17.9. The van der Waals surface area contributed by atoms with Gasteiger partial charge < -0.3 is 25.4 Å². The van der Waals surface area contributed by atoms with E-state index in [1.165, 1.54) is 7.11 Å². The number of urea groups is 1. The summed E-state index contributed by atoms with van der Waals surface area (Å²) in [7, 11) is 3.08. The minimum absolute atomic E-state index is 0.0491. The predicted octanol–water partition coefficient (Wildman–Crippen LogP) is 2.41. The van der Waals surface area contributed by atoms with Crippen LogP contribution in [0.15, 0.2) is 36.4 Å². The van der Waals surface area contributed by atoms with Gasteiger partial charge in [0.25, 0.3) is 5.91 Å². The predicted molar refractivity (Wildman–Crippen MR) is 117 cm³/mol. The number of carbonyl (C=O) groups excluding carboxylic acids is 2. The van der Waals surface area contributed by atoms with Gasteiger partial charge in [0.05, 0.1) is 32.0 Å². The first-order valence-electron chi connectivity index (χ1n) is 9.82. The zero-order chi connectivity index (χ0) is 22.4. The van der Waals surface area contributed by atoms with Crippen LogP contribution in [0.2, 0.25) is 0 Å². The van der Waals surface area contributed by atoms with Gasteiger partial charge >= 0.3 is 6.03 Å². The highest BCUT2D eigenvalue weighted by Gasteiger charge is 2.12. The molecule has 3 N–H and O–H groups in total. The van der Waals surface area contributed by atoms with E-state index in [1.807, 2.05) is 13.8 Å². The molecule has 1 aromatic heterocycles. The van der Waals surface area contributed by atoms with Gasteiger partial charge in [-0.15, -0.1) is 5.10 Å². The van der Waals surface area contributed by atoms with Crippen molar-refractivity contribution in [2.75, 3.05) is 26.1 Å². The zero-order valence-corrected chi connectivity index (χ0v) is 17.9. The standard InChI is InChI=1S/C21H26N6O4/c1-13(2)23-20(28)14-5-7-18-16(11-14)25-26-27(18)10-9-22-21(29)24-17-12-15(30-3)6-8-19(17)31-4/h5-8,11-13H,9-10H2,1-4H3,(H,23,28)(H2,22,24,29). The van der Waals surface area contributed by atoms with Gasteiger partial charge in [-0.2, -0.15) is 0 Å². The summed E-state index contributed by atoms with van der Waals surface area (Å²) in [5.41, 5.74) is 2.41. The molecule has 3 aromatic rings. The van der Waals surface area contributed by atoms with E-state index in [2.05, 4.69) is 26.3 Å². The van der Waals surface area contributed by atoms with E-state index in [1.54, 1.807) is 48.2 Å². The van der Waals surface area contributed by atoms with Crippen LogP contribution in [0.4, 0.5) is 10.5 Å². The molecule has 10 heteroatoms. The first-order chi connectivity index (χ1) is 14.9. The Bertz CT molecular complexity index is 1080. The molecule has 2 aromatic carbocycles. The molecule has 3 amide bonds. The van der Waals surface area contributed by atoms with Crippen molar-refractivity contribution in [3.05, 3.63) is 42.0 Å². The highest BCUT2D eigenvalue weighted by atomic mass is 16.5. The fraction of sp³-hybridized carbons (Fsp3) is 0.333. The Morgan fingerprint density at radius 3 is 2.61 bits per heavy atom. The van der Waals surface area contributed by atoms with Gasteiger partial charge in [0, 0.05) is 24.2 Å². The summed E-state index contributed by atoms with van der Waals surface area (Å²) in [6, 6.07) is 10.0. The molecule has 3 rings (SSSR count). The second-order valence-corrected chi connectivity index (χ2v) is 7.09. The van der Waals surface area contributed by atoms with Gasteiger partial charge in [0.1, 0.15) is 17.0 Å². The van der Waals surface area contributed by atoms with Gasteiger partial charge in [-0.25, -0.2) is 9.48 Å². The summed E-state index contributed by atoms with van der Waals surface area (Å²) in [5, 5.41) is 16.6. The Hall–Kier alpha value is -3.82. The lowest BCUT2D eigenvalue weighted by molar-refractivity contribution is 0.0943. The highest BCUT2D eigenvalue weighted by Crippen LogP contribution is 2.28. The monoisotopic (exact) mass is 426 g/mol. The number of nitrogens with zero attached hydrogens (tertiary/aromatic N) is 3. The number of hydrogen-bond acceptors (Lipinski definition) is 6. The summed E-state index contributed by atoms with van der Waals surface area (Å²) in [6.07, 6.45) is 0. The van der Waals surface area contributed by atoms with Crippen LogP contribution in [0.5, 0.6) is 11.5 Å². The molecular formula is C21H26N6O4. The van der Waals surface area contributed by atoms with Crippen molar-refractivity contribution >= 4 is 28.7 Å². The third-order valence-electron chi connectivity index (χ3n) is 4.46. The van der Waals surface area contributed by atoms with Crippen LogP contribution in [0.25, 0.3) is 11.0 Å². The number of benzene rings is 2. The van der Waals surface area contributed by atoms with Crippen molar-refractivity contribution in [3.8, 4) is 11.5 Å². The number of nitrogens with one attached hydrogen (secondary N) is 3. The minimum atomic E-state index is -0.386. The number of rotatable bonds is 8. The van der Waals surface area contributed by atoms with E-state index in [0.717, 1.165) is 5.52 Å². The van der Waals surface area contributed by atoms with Crippen molar-refractivity contribution in [2.45, 2.75) is 26.4 Å². The second-order valence-electron chi connectivity index (χ2n) is 7.09. The Morgan fingerprint density at radius 1 is 1.10 bits per heavy atom. The van der Waals surface area contributed by atoms with Crippen LogP contribution < -0.4 is 25.4 Å². The van der Waals surface area contributed by atoms with E-state index in [9.17, 15) is 9.59 Å². The van der Waals surface area contributed by atoms with E-state index in [-0.39, 0.29) is 18.0 Å². The third kappa shape index (κ3) is 5.41. The van der Waals surface area contributed by atoms with Gasteiger partial charge in [-0.05, 0) is 44.2 Å². The van der Waals surface area contributed by atoms with Gasteiger partial charge in [-0.1, -0.05) is 5.21 Å². The van der Waals surface area contributed by atoms with Crippen LogP contribution >= 0.6 is 0 Å². The second kappa shape index (κ2) is 9.79. The largest absolute Gasteiger partial charge is 0.497 e. The average Bonchev–Trinajstić information content (AvgIpc) is 3.15. The number of ether oxygens (including phenoxy) is 2. The van der Waals surface area contributed by atoms with Gasteiger partial charge in [0.15, 0.2) is 0 Å². The molecule has 0 unspecified atom stereocenters. The van der Waals surface area contributed by atoms with E-state index in [4.69, 9.17) is 9.47 Å². The quantitative estimate of drug-likeness (QED) is 0.509. The van der Waals surface area contributed by atoms with Crippen molar-refractivity contribution < 1.29 is 19.1 Å². The van der Waals surface area contributed by atoms with Gasteiger partial charge in [-0.3, -0.25) is 4.79 Å². The molecule has 1 heterocycles. The van der Waals surface area contributed by atoms with Crippen LogP contribution in [0.3, 0.4) is 0 Å². The maximum absolute atomic E-state index is 12.3. The number of hydrogen-bond donors (Lipinski definition) is 3. The Balaban J connectivity index is 1.59. The van der Waals surface area contributed by atoms with Crippen molar-refractivity contribution in [1.82, 2.24) is 25.6 Å². The van der Waals surface area contributed by atoms with Crippen LogP contribution in [-0.4, -0.2) is 53.7 Å². The molecule has 0 spiro atoms. The topological polar surface area (TPSA) is 119 Å². The first kappa shape index (κ1) is 21.9. The number of methoxy groups -OCH3 is 2. The smallest absolute Gasteiger partial charge is 0.319 e. The fourth-order valence-electron chi connectivity index (χ4n) is 2.98. The molecular weight excluding hydrogens is 400 g/mol. The van der Waals surface area contributed by atoms with Crippen molar-refractivity contribution in [3.63, 3.8) is 0 Å². The molecule has 164 valence electrons. The summed E-state index contributed by atoms with van der Waals surface area (Å²) in [5.74, 6) is 0.972. The van der Waals surface area contributed by atoms with Crippen molar-refractivity contribution in [2.24, 2.45) is 0 Å². The Kier molecular flexibility index (Phi) is 6.91. The number of amides is 3. The lowest BCUT2D eigenvalue weighted by atomic mass is 10.2. The molecule has 31 heavy (non-hydrogen) atoms. The maximum atomic E-state index is 12.3. The van der Waals surface area contributed by atoms with Crippen LogP contribution in [-0.2, 0) is 6.54 Å². The molecule has 0 aliphatic carbocycles. The van der Waals surface area contributed by atoms with E-state index in [0.29, 0.717) is 41.4 Å². The van der Waals surface area contributed by atoms with Crippen LogP contribution in [0.1, 0.15) is 24.2 Å². The lowest BCUT2D eigenvalue weighted by Crippen LogP contribution is -2.31. The molecule has 0 atom stereocenters. The lowest BCUT2D eigenvalue weighted by Gasteiger charge is -2.12.